The van der Waals surface area contributed by atoms with Crippen LogP contribution in [0.5, 0.6) is 0 Å². The van der Waals surface area contributed by atoms with Crippen molar-refractivity contribution in [1.29, 1.82) is 0 Å². The molecule has 0 saturated carbocycles. The number of amides is 1. The summed E-state index contributed by atoms with van der Waals surface area (Å²) in [5.41, 5.74) is 1.28. The number of alkyl halides is 1. The van der Waals surface area contributed by atoms with E-state index < -0.39 is 0 Å². The van der Waals surface area contributed by atoms with E-state index in [9.17, 15) is 4.79 Å². The number of aryl methyl sites for hydroxylation is 1. The highest BCUT2D eigenvalue weighted by Gasteiger charge is 2.28. The quantitative estimate of drug-likeness (QED) is 0.786. The van der Waals surface area contributed by atoms with Crippen LogP contribution < -0.4 is 0 Å². The second-order valence-corrected chi connectivity index (χ2v) is 5.99. The number of rotatable bonds is 3. The van der Waals surface area contributed by atoms with Gasteiger partial charge < -0.3 is 4.90 Å². The van der Waals surface area contributed by atoms with Gasteiger partial charge in [0.25, 0.3) is 0 Å². The number of thiophene rings is 1. The Hall–Kier alpha value is -0.350. The van der Waals surface area contributed by atoms with Crippen LogP contribution in [0.15, 0.2) is 11.4 Å². The van der Waals surface area contributed by atoms with Crippen molar-refractivity contribution in [3.63, 3.8) is 0 Å². The smallest absolute Gasteiger partial charge is 0.229 e. The Kier molecular flexibility index (Phi) is 4.03. The molecule has 0 radical (unpaired) electrons. The lowest BCUT2D eigenvalue weighted by molar-refractivity contribution is -0.131. The summed E-state index contributed by atoms with van der Waals surface area (Å²) in [6.45, 7) is 0.787. The van der Waals surface area contributed by atoms with Gasteiger partial charge in [-0.3, -0.25) is 4.79 Å². The molecule has 1 atom stereocenters. The molecule has 1 aromatic rings. The third-order valence-electron chi connectivity index (χ3n) is 3.15. The molecule has 0 fully saturated rings. The van der Waals surface area contributed by atoms with Crippen molar-refractivity contribution in [3.05, 3.63) is 21.9 Å². The Morgan fingerprint density at radius 3 is 3.25 bits per heavy atom. The Bertz CT molecular complexity index is 377. The number of likely N-dealkylation sites (N-methyl/N-ethyl adjacent to an activating group) is 1. The van der Waals surface area contributed by atoms with Gasteiger partial charge in [0.1, 0.15) is 0 Å². The molecule has 0 bridgehead atoms. The second kappa shape index (κ2) is 5.32. The molecule has 88 valence electrons. The zero-order chi connectivity index (χ0) is 11.5. The van der Waals surface area contributed by atoms with E-state index >= 15 is 0 Å². The van der Waals surface area contributed by atoms with Gasteiger partial charge in [0, 0.05) is 23.8 Å². The van der Waals surface area contributed by atoms with Gasteiger partial charge in [0.15, 0.2) is 0 Å². The minimum Gasteiger partial charge on any atom is -0.344 e. The first-order valence-electron chi connectivity index (χ1n) is 5.61. The van der Waals surface area contributed by atoms with Gasteiger partial charge in [0.2, 0.25) is 5.91 Å². The van der Waals surface area contributed by atoms with E-state index in [1.807, 2.05) is 11.9 Å². The van der Waals surface area contributed by atoms with Crippen LogP contribution in [0.25, 0.3) is 0 Å². The van der Waals surface area contributed by atoms with Crippen molar-refractivity contribution in [2.45, 2.75) is 25.2 Å². The fourth-order valence-electron chi connectivity index (χ4n) is 2.25. The molecular weight excluding hydrogens is 286 g/mol. The molecular formula is C12H16BrNOS. The van der Waals surface area contributed by atoms with Crippen molar-refractivity contribution < 1.29 is 4.79 Å². The molecule has 4 heteroatoms. The highest BCUT2D eigenvalue weighted by molar-refractivity contribution is 9.09. The molecule has 0 aromatic carbocycles. The van der Waals surface area contributed by atoms with Gasteiger partial charge in [-0.2, -0.15) is 0 Å². The number of carbonyl (C=O) groups excluding carboxylic acids is 1. The van der Waals surface area contributed by atoms with Crippen molar-refractivity contribution in [1.82, 2.24) is 4.90 Å². The van der Waals surface area contributed by atoms with Crippen LogP contribution in [0, 0.1) is 0 Å². The van der Waals surface area contributed by atoms with E-state index in [1.165, 1.54) is 10.4 Å². The predicted molar refractivity (Wildman–Crippen MR) is 71.4 cm³/mol. The zero-order valence-corrected chi connectivity index (χ0v) is 11.8. The maximum Gasteiger partial charge on any atom is 0.229 e. The largest absolute Gasteiger partial charge is 0.344 e. The average molecular weight is 302 g/mol. The second-order valence-electron chi connectivity index (χ2n) is 4.19. The normalized spacial score (nSPS) is 19.2. The first-order valence-corrected chi connectivity index (χ1v) is 7.61. The Balaban J connectivity index is 2.15. The molecule has 1 heterocycles. The average Bonchev–Trinajstić information content (AvgIpc) is 2.76. The van der Waals surface area contributed by atoms with Crippen molar-refractivity contribution >= 4 is 33.2 Å². The lowest BCUT2D eigenvalue weighted by Crippen LogP contribution is -2.34. The van der Waals surface area contributed by atoms with Crippen molar-refractivity contribution in [3.8, 4) is 0 Å². The third-order valence-corrected chi connectivity index (χ3v) is 4.50. The van der Waals surface area contributed by atoms with Crippen LogP contribution in [0.2, 0.25) is 0 Å². The number of carbonyl (C=O) groups is 1. The SMILES string of the molecule is CN(CCBr)C(=O)C1CCCc2sccc21. The molecule has 1 unspecified atom stereocenters. The topological polar surface area (TPSA) is 20.3 Å². The number of hydrogen-bond donors (Lipinski definition) is 0. The van der Waals surface area contributed by atoms with Crippen LogP contribution >= 0.6 is 27.3 Å². The van der Waals surface area contributed by atoms with E-state index in [2.05, 4.69) is 27.4 Å². The third kappa shape index (κ3) is 2.33. The first kappa shape index (κ1) is 12.1. The number of halogens is 1. The fourth-order valence-corrected chi connectivity index (χ4v) is 3.77. The van der Waals surface area contributed by atoms with Gasteiger partial charge in [-0.05, 0) is 36.3 Å². The Morgan fingerprint density at radius 2 is 2.50 bits per heavy atom. The summed E-state index contributed by atoms with van der Waals surface area (Å²) in [7, 11) is 1.89. The summed E-state index contributed by atoms with van der Waals surface area (Å²) < 4.78 is 0. The van der Waals surface area contributed by atoms with E-state index in [0.29, 0.717) is 0 Å². The molecule has 0 saturated heterocycles. The predicted octanol–water partition coefficient (Wildman–Crippen LogP) is 3.02. The maximum atomic E-state index is 12.3. The van der Waals surface area contributed by atoms with Crippen molar-refractivity contribution in [2.24, 2.45) is 0 Å². The zero-order valence-electron chi connectivity index (χ0n) is 9.41. The standard InChI is InChI=1S/C12H16BrNOS/c1-14(7-6-13)12(15)10-3-2-4-11-9(10)5-8-16-11/h5,8,10H,2-4,6-7H2,1H3. The monoisotopic (exact) mass is 301 g/mol. The highest BCUT2D eigenvalue weighted by atomic mass is 79.9. The highest BCUT2D eigenvalue weighted by Crippen LogP contribution is 2.35. The van der Waals surface area contributed by atoms with Gasteiger partial charge in [0.05, 0.1) is 5.92 Å². The number of nitrogens with zero attached hydrogens (tertiary/aromatic N) is 1. The van der Waals surface area contributed by atoms with Crippen LogP contribution in [-0.4, -0.2) is 29.7 Å². The van der Waals surface area contributed by atoms with E-state index in [-0.39, 0.29) is 11.8 Å². The minimum absolute atomic E-state index is 0.110. The fraction of sp³-hybridized carbons (Fsp3) is 0.583. The van der Waals surface area contributed by atoms with E-state index in [0.717, 1.165) is 31.1 Å². The van der Waals surface area contributed by atoms with Crippen LogP contribution in [-0.2, 0) is 11.2 Å². The summed E-state index contributed by atoms with van der Waals surface area (Å²) >= 11 is 5.17. The summed E-state index contributed by atoms with van der Waals surface area (Å²) in [5.74, 6) is 0.387. The molecule has 1 aliphatic carbocycles. The van der Waals surface area contributed by atoms with E-state index in [4.69, 9.17) is 0 Å². The van der Waals surface area contributed by atoms with Crippen LogP contribution in [0.1, 0.15) is 29.2 Å². The molecule has 0 N–H and O–H groups in total. The van der Waals surface area contributed by atoms with Crippen LogP contribution in [0.3, 0.4) is 0 Å². The molecule has 0 aliphatic heterocycles. The number of hydrogen-bond acceptors (Lipinski definition) is 2. The number of fused-ring (bicyclic) bond motifs is 1. The lowest BCUT2D eigenvalue weighted by Gasteiger charge is -2.26. The Labute approximate surface area is 109 Å². The summed E-state index contributed by atoms with van der Waals surface area (Å²) in [5, 5.41) is 2.96. The lowest BCUT2D eigenvalue weighted by atomic mass is 9.87. The van der Waals surface area contributed by atoms with Gasteiger partial charge in [-0.25, -0.2) is 0 Å². The van der Waals surface area contributed by atoms with Gasteiger partial charge in [-0.15, -0.1) is 11.3 Å². The molecule has 1 amide bonds. The summed E-state index contributed by atoms with van der Waals surface area (Å²) in [6, 6.07) is 2.13. The molecule has 2 rings (SSSR count). The molecule has 16 heavy (non-hydrogen) atoms. The molecule has 0 spiro atoms. The maximum absolute atomic E-state index is 12.3. The van der Waals surface area contributed by atoms with Crippen LogP contribution in [0.4, 0.5) is 0 Å². The molecule has 1 aromatic heterocycles. The minimum atomic E-state index is 0.110. The summed E-state index contributed by atoms with van der Waals surface area (Å²) in [4.78, 5) is 15.5. The van der Waals surface area contributed by atoms with Crippen molar-refractivity contribution in [2.75, 3.05) is 18.9 Å². The first-order chi connectivity index (χ1) is 7.74. The Morgan fingerprint density at radius 1 is 1.69 bits per heavy atom. The van der Waals surface area contributed by atoms with E-state index in [1.54, 1.807) is 11.3 Å². The van der Waals surface area contributed by atoms with Gasteiger partial charge in [-0.1, -0.05) is 15.9 Å². The molecule has 1 aliphatic rings. The van der Waals surface area contributed by atoms with Gasteiger partial charge >= 0.3 is 0 Å². The molecule has 2 nitrogen and oxygen atoms in total. The summed E-state index contributed by atoms with van der Waals surface area (Å²) in [6.07, 6.45) is 3.31.